The summed E-state index contributed by atoms with van der Waals surface area (Å²) < 4.78 is 0. The van der Waals surface area contributed by atoms with Crippen molar-refractivity contribution in [2.24, 2.45) is 5.92 Å². The van der Waals surface area contributed by atoms with Crippen LogP contribution in [-0.2, 0) is 4.79 Å². The van der Waals surface area contributed by atoms with Gasteiger partial charge < -0.3 is 15.3 Å². The van der Waals surface area contributed by atoms with Gasteiger partial charge in [0.15, 0.2) is 0 Å². The molecule has 2 aliphatic rings. The SMILES string of the molecule is O=C(O)CCN1CCN(C(=O)NCC2CCCC2)CC1. The van der Waals surface area contributed by atoms with Crippen LogP contribution in [0.1, 0.15) is 32.1 Å². The third kappa shape index (κ3) is 4.67. The highest BCUT2D eigenvalue weighted by Gasteiger charge is 2.22. The predicted molar refractivity (Wildman–Crippen MR) is 75.6 cm³/mol. The Hall–Kier alpha value is -1.30. The monoisotopic (exact) mass is 283 g/mol. The quantitative estimate of drug-likeness (QED) is 0.789. The van der Waals surface area contributed by atoms with Gasteiger partial charge in [0.2, 0.25) is 0 Å². The highest BCUT2D eigenvalue weighted by molar-refractivity contribution is 5.74. The molecule has 20 heavy (non-hydrogen) atoms. The van der Waals surface area contributed by atoms with Gasteiger partial charge in [-0.1, -0.05) is 12.8 Å². The first kappa shape index (κ1) is 15.1. The average molecular weight is 283 g/mol. The van der Waals surface area contributed by atoms with Gasteiger partial charge in [-0.15, -0.1) is 0 Å². The second-order valence-electron chi connectivity index (χ2n) is 5.81. The van der Waals surface area contributed by atoms with Crippen molar-refractivity contribution in [1.82, 2.24) is 15.1 Å². The van der Waals surface area contributed by atoms with E-state index in [2.05, 4.69) is 10.2 Å². The van der Waals surface area contributed by atoms with Crippen molar-refractivity contribution >= 4 is 12.0 Å². The lowest BCUT2D eigenvalue weighted by Crippen LogP contribution is -2.52. The van der Waals surface area contributed by atoms with Crippen LogP contribution in [0.2, 0.25) is 0 Å². The number of nitrogens with zero attached hydrogens (tertiary/aromatic N) is 2. The molecule has 2 fully saturated rings. The molecule has 2 amide bonds. The zero-order valence-corrected chi connectivity index (χ0v) is 12.0. The molecule has 1 saturated carbocycles. The van der Waals surface area contributed by atoms with Crippen molar-refractivity contribution in [2.75, 3.05) is 39.3 Å². The van der Waals surface area contributed by atoms with E-state index >= 15 is 0 Å². The van der Waals surface area contributed by atoms with Crippen LogP contribution in [-0.4, -0.2) is 66.2 Å². The first-order valence-corrected chi connectivity index (χ1v) is 7.62. The number of carboxylic acids is 1. The lowest BCUT2D eigenvalue weighted by Gasteiger charge is -2.34. The maximum atomic E-state index is 12.0. The van der Waals surface area contributed by atoms with Gasteiger partial charge in [-0.05, 0) is 18.8 Å². The van der Waals surface area contributed by atoms with Gasteiger partial charge in [0.1, 0.15) is 0 Å². The molecule has 0 radical (unpaired) electrons. The molecule has 0 aromatic rings. The molecule has 0 aromatic carbocycles. The molecule has 114 valence electrons. The van der Waals surface area contributed by atoms with E-state index in [9.17, 15) is 9.59 Å². The molecule has 6 heteroatoms. The fourth-order valence-corrected chi connectivity index (χ4v) is 2.99. The van der Waals surface area contributed by atoms with Gasteiger partial charge >= 0.3 is 12.0 Å². The van der Waals surface area contributed by atoms with Gasteiger partial charge in [-0.2, -0.15) is 0 Å². The van der Waals surface area contributed by atoms with E-state index in [0.717, 1.165) is 19.6 Å². The fraction of sp³-hybridized carbons (Fsp3) is 0.857. The van der Waals surface area contributed by atoms with Crippen LogP contribution in [0.15, 0.2) is 0 Å². The van der Waals surface area contributed by atoms with E-state index in [1.807, 2.05) is 4.90 Å². The Kier molecular flexibility index (Phi) is 5.64. The smallest absolute Gasteiger partial charge is 0.317 e. The van der Waals surface area contributed by atoms with Gasteiger partial charge in [-0.25, -0.2) is 4.79 Å². The van der Waals surface area contributed by atoms with Gasteiger partial charge in [0, 0.05) is 39.3 Å². The Morgan fingerprint density at radius 2 is 1.75 bits per heavy atom. The van der Waals surface area contributed by atoms with Crippen molar-refractivity contribution in [3.8, 4) is 0 Å². The van der Waals surface area contributed by atoms with Crippen molar-refractivity contribution in [1.29, 1.82) is 0 Å². The van der Waals surface area contributed by atoms with E-state index < -0.39 is 5.97 Å². The number of carbonyl (C=O) groups is 2. The molecule has 1 heterocycles. The third-order valence-corrected chi connectivity index (χ3v) is 4.32. The largest absolute Gasteiger partial charge is 0.481 e. The minimum absolute atomic E-state index is 0.0368. The molecular weight excluding hydrogens is 258 g/mol. The summed E-state index contributed by atoms with van der Waals surface area (Å²) in [5, 5.41) is 11.7. The molecule has 0 aromatic heterocycles. The van der Waals surface area contributed by atoms with Gasteiger partial charge in [-0.3, -0.25) is 9.69 Å². The lowest BCUT2D eigenvalue weighted by atomic mass is 10.1. The van der Waals surface area contributed by atoms with E-state index in [1.54, 1.807) is 0 Å². The number of urea groups is 1. The molecule has 1 saturated heterocycles. The van der Waals surface area contributed by atoms with Crippen LogP contribution in [0.5, 0.6) is 0 Å². The number of amides is 2. The highest BCUT2D eigenvalue weighted by Crippen LogP contribution is 2.23. The van der Waals surface area contributed by atoms with E-state index in [4.69, 9.17) is 5.11 Å². The number of hydrogen-bond acceptors (Lipinski definition) is 3. The molecule has 0 bridgehead atoms. The second kappa shape index (κ2) is 7.47. The number of rotatable bonds is 5. The number of aliphatic carboxylic acids is 1. The summed E-state index contributed by atoms with van der Waals surface area (Å²) in [4.78, 5) is 26.5. The van der Waals surface area contributed by atoms with Crippen molar-refractivity contribution in [3.05, 3.63) is 0 Å². The minimum Gasteiger partial charge on any atom is -0.481 e. The molecule has 0 atom stereocenters. The number of carbonyl (C=O) groups excluding carboxylic acids is 1. The van der Waals surface area contributed by atoms with E-state index in [1.165, 1.54) is 25.7 Å². The summed E-state index contributed by atoms with van der Waals surface area (Å²) in [5.74, 6) is -0.0995. The maximum Gasteiger partial charge on any atom is 0.317 e. The van der Waals surface area contributed by atoms with Crippen LogP contribution in [0.3, 0.4) is 0 Å². The standard InChI is InChI=1S/C14H25N3O3/c18-13(19)5-6-16-7-9-17(10-8-16)14(20)15-11-12-3-1-2-4-12/h12H,1-11H2,(H,15,20)(H,18,19). The van der Waals surface area contributed by atoms with E-state index in [-0.39, 0.29) is 12.5 Å². The van der Waals surface area contributed by atoms with Crippen molar-refractivity contribution in [3.63, 3.8) is 0 Å². The van der Waals surface area contributed by atoms with Crippen LogP contribution in [0.4, 0.5) is 4.79 Å². The predicted octanol–water partition coefficient (Wildman–Crippen LogP) is 0.978. The normalized spacial score (nSPS) is 21.1. The number of piperazine rings is 1. The molecule has 2 rings (SSSR count). The van der Waals surface area contributed by atoms with E-state index in [0.29, 0.717) is 25.6 Å². The van der Waals surface area contributed by atoms with Crippen molar-refractivity contribution < 1.29 is 14.7 Å². The van der Waals surface area contributed by atoms with Crippen LogP contribution < -0.4 is 5.32 Å². The Morgan fingerprint density at radius 3 is 2.35 bits per heavy atom. The lowest BCUT2D eigenvalue weighted by molar-refractivity contribution is -0.137. The molecule has 2 N–H and O–H groups in total. The summed E-state index contributed by atoms with van der Waals surface area (Å²) in [5.41, 5.74) is 0. The van der Waals surface area contributed by atoms with Crippen LogP contribution >= 0.6 is 0 Å². The number of carboxylic acid groups (broad SMARTS) is 1. The van der Waals surface area contributed by atoms with Crippen molar-refractivity contribution in [2.45, 2.75) is 32.1 Å². The third-order valence-electron chi connectivity index (χ3n) is 4.32. The maximum absolute atomic E-state index is 12.0. The van der Waals surface area contributed by atoms with Gasteiger partial charge in [0.25, 0.3) is 0 Å². The highest BCUT2D eigenvalue weighted by atomic mass is 16.4. The Balaban J connectivity index is 1.62. The Labute approximate surface area is 120 Å². The summed E-state index contributed by atoms with van der Waals surface area (Å²) in [6, 6.07) is 0.0368. The molecule has 0 spiro atoms. The minimum atomic E-state index is -0.762. The first-order valence-electron chi connectivity index (χ1n) is 7.62. The van der Waals surface area contributed by atoms with Crippen LogP contribution in [0, 0.1) is 5.92 Å². The molecule has 0 unspecified atom stereocenters. The Bertz CT molecular complexity index is 335. The second-order valence-corrected chi connectivity index (χ2v) is 5.81. The summed E-state index contributed by atoms with van der Waals surface area (Å²) in [6.45, 7) is 4.30. The number of hydrogen-bond donors (Lipinski definition) is 2. The summed E-state index contributed by atoms with van der Waals surface area (Å²) in [7, 11) is 0. The fourth-order valence-electron chi connectivity index (χ4n) is 2.99. The molecule has 6 nitrogen and oxygen atoms in total. The zero-order valence-electron chi connectivity index (χ0n) is 12.0. The number of nitrogens with one attached hydrogen (secondary N) is 1. The first-order chi connectivity index (χ1) is 9.65. The summed E-state index contributed by atoms with van der Waals surface area (Å²) >= 11 is 0. The molecule has 1 aliphatic heterocycles. The molecule has 1 aliphatic carbocycles. The Morgan fingerprint density at radius 1 is 1.10 bits per heavy atom. The summed E-state index contributed by atoms with van der Waals surface area (Å²) in [6.07, 6.45) is 5.24. The van der Waals surface area contributed by atoms with Crippen LogP contribution in [0.25, 0.3) is 0 Å². The zero-order chi connectivity index (χ0) is 14.4. The topological polar surface area (TPSA) is 72.9 Å². The van der Waals surface area contributed by atoms with Gasteiger partial charge in [0.05, 0.1) is 6.42 Å². The average Bonchev–Trinajstić information content (AvgIpc) is 2.96. The molecular formula is C14H25N3O3.